The van der Waals surface area contributed by atoms with Crippen LogP contribution in [0.15, 0.2) is 47.6 Å². The van der Waals surface area contributed by atoms with Crippen molar-refractivity contribution >= 4 is 10.0 Å². The molecule has 0 radical (unpaired) electrons. The van der Waals surface area contributed by atoms with Crippen LogP contribution in [0.1, 0.15) is 31.7 Å². The minimum Gasteiger partial charge on any atom is -0.497 e. The first-order chi connectivity index (χ1) is 11.1. The summed E-state index contributed by atoms with van der Waals surface area (Å²) in [4.78, 5) is 0.242. The van der Waals surface area contributed by atoms with Crippen LogP contribution in [0, 0.1) is 0 Å². The van der Waals surface area contributed by atoms with Gasteiger partial charge in [-0.2, -0.15) is 5.10 Å². The summed E-state index contributed by atoms with van der Waals surface area (Å²) in [6.07, 6.45) is 7.21. The van der Waals surface area contributed by atoms with Crippen LogP contribution in [0.3, 0.4) is 0 Å². The Balaban J connectivity index is 1.63. The topological polar surface area (TPSA) is 73.2 Å². The summed E-state index contributed by atoms with van der Waals surface area (Å²) in [6, 6.07) is 8.78. The van der Waals surface area contributed by atoms with Crippen molar-refractivity contribution in [3.63, 3.8) is 0 Å². The fourth-order valence-corrected chi connectivity index (χ4v) is 4.35. The van der Waals surface area contributed by atoms with Gasteiger partial charge in [0.2, 0.25) is 10.0 Å². The van der Waals surface area contributed by atoms with E-state index in [0.29, 0.717) is 11.8 Å². The van der Waals surface area contributed by atoms with Gasteiger partial charge >= 0.3 is 0 Å². The normalized spacial score (nSPS) is 22.0. The van der Waals surface area contributed by atoms with Crippen molar-refractivity contribution < 1.29 is 13.2 Å². The van der Waals surface area contributed by atoms with Crippen LogP contribution < -0.4 is 9.46 Å². The fourth-order valence-electron chi connectivity index (χ4n) is 3.01. The molecule has 0 atom stereocenters. The molecule has 124 valence electrons. The Kier molecular flexibility index (Phi) is 4.68. The molecule has 7 heteroatoms. The molecule has 0 saturated heterocycles. The van der Waals surface area contributed by atoms with Gasteiger partial charge in [-0.1, -0.05) is 6.07 Å². The molecule has 0 bridgehead atoms. The average Bonchev–Trinajstić information content (AvgIpc) is 3.10. The van der Waals surface area contributed by atoms with Crippen LogP contribution in [0.25, 0.3) is 0 Å². The molecular formula is C16H21N3O3S. The summed E-state index contributed by atoms with van der Waals surface area (Å²) in [7, 11) is -1.99. The van der Waals surface area contributed by atoms with Crippen LogP contribution in [-0.2, 0) is 10.0 Å². The van der Waals surface area contributed by atoms with Gasteiger partial charge < -0.3 is 4.74 Å². The Bertz CT molecular complexity index is 736. The molecule has 1 fully saturated rings. The van der Waals surface area contributed by atoms with E-state index >= 15 is 0 Å². The zero-order valence-electron chi connectivity index (χ0n) is 13.1. The predicted octanol–water partition coefficient (Wildman–Crippen LogP) is 2.35. The fraction of sp³-hybridized carbons (Fsp3) is 0.438. The average molecular weight is 335 g/mol. The Morgan fingerprint density at radius 1 is 1.22 bits per heavy atom. The number of hydrogen-bond donors (Lipinski definition) is 1. The van der Waals surface area contributed by atoms with Crippen LogP contribution in [-0.4, -0.2) is 31.3 Å². The summed E-state index contributed by atoms with van der Waals surface area (Å²) < 4.78 is 34.9. The molecule has 6 nitrogen and oxygen atoms in total. The maximum Gasteiger partial charge on any atom is 0.240 e. The van der Waals surface area contributed by atoms with Gasteiger partial charge in [0, 0.05) is 24.5 Å². The maximum absolute atomic E-state index is 12.5. The monoisotopic (exact) mass is 335 g/mol. The van der Waals surface area contributed by atoms with Gasteiger partial charge in [0.25, 0.3) is 0 Å². The van der Waals surface area contributed by atoms with E-state index in [1.165, 1.54) is 13.2 Å². The van der Waals surface area contributed by atoms with Crippen molar-refractivity contribution in [2.45, 2.75) is 42.7 Å². The van der Waals surface area contributed by atoms with Crippen molar-refractivity contribution in [1.82, 2.24) is 14.5 Å². The Labute approximate surface area is 136 Å². The molecule has 0 amide bonds. The molecule has 1 aliphatic rings. The number of rotatable bonds is 5. The summed E-state index contributed by atoms with van der Waals surface area (Å²) in [5.74, 6) is 0.537. The van der Waals surface area contributed by atoms with Gasteiger partial charge in [-0.05, 0) is 43.9 Å². The number of nitrogens with one attached hydrogen (secondary N) is 1. The van der Waals surface area contributed by atoms with E-state index in [1.807, 2.05) is 16.9 Å². The summed E-state index contributed by atoms with van der Waals surface area (Å²) in [5.41, 5.74) is 0. The molecule has 1 saturated carbocycles. The highest BCUT2D eigenvalue weighted by Gasteiger charge is 2.26. The van der Waals surface area contributed by atoms with Gasteiger partial charge in [-0.25, -0.2) is 13.1 Å². The first-order valence-corrected chi connectivity index (χ1v) is 9.22. The molecular weight excluding hydrogens is 314 g/mol. The Morgan fingerprint density at radius 2 is 2.00 bits per heavy atom. The maximum atomic E-state index is 12.5. The molecule has 2 aromatic rings. The second kappa shape index (κ2) is 6.72. The van der Waals surface area contributed by atoms with Crippen LogP contribution in [0.2, 0.25) is 0 Å². The number of sulfonamides is 1. The summed E-state index contributed by atoms with van der Waals surface area (Å²) in [5, 5.41) is 4.27. The van der Waals surface area contributed by atoms with E-state index in [2.05, 4.69) is 9.82 Å². The largest absolute Gasteiger partial charge is 0.497 e. The third-order valence-electron chi connectivity index (χ3n) is 4.27. The number of aromatic nitrogens is 2. The third-order valence-corrected chi connectivity index (χ3v) is 5.79. The zero-order chi connectivity index (χ0) is 16.3. The van der Waals surface area contributed by atoms with Gasteiger partial charge in [-0.3, -0.25) is 4.68 Å². The van der Waals surface area contributed by atoms with E-state index in [0.717, 1.165) is 25.7 Å². The van der Waals surface area contributed by atoms with Gasteiger partial charge in [0.1, 0.15) is 5.75 Å². The summed E-state index contributed by atoms with van der Waals surface area (Å²) in [6.45, 7) is 0. The molecule has 23 heavy (non-hydrogen) atoms. The lowest BCUT2D eigenvalue weighted by Crippen LogP contribution is -2.38. The van der Waals surface area contributed by atoms with E-state index in [9.17, 15) is 8.42 Å². The number of ether oxygens (including phenoxy) is 1. The first-order valence-electron chi connectivity index (χ1n) is 7.74. The number of hydrogen-bond acceptors (Lipinski definition) is 4. The Hall–Kier alpha value is -1.86. The zero-order valence-corrected chi connectivity index (χ0v) is 13.9. The quantitative estimate of drug-likeness (QED) is 0.910. The van der Waals surface area contributed by atoms with Crippen molar-refractivity contribution in [1.29, 1.82) is 0 Å². The molecule has 1 aromatic carbocycles. The second-order valence-corrected chi connectivity index (χ2v) is 7.51. The highest BCUT2D eigenvalue weighted by atomic mass is 32.2. The third kappa shape index (κ3) is 3.73. The van der Waals surface area contributed by atoms with Gasteiger partial charge in [0.15, 0.2) is 0 Å². The lowest BCUT2D eigenvalue weighted by atomic mass is 9.92. The molecule has 1 heterocycles. The van der Waals surface area contributed by atoms with Gasteiger partial charge in [-0.15, -0.1) is 0 Å². The lowest BCUT2D eigenvalue weighted by Gasteiger charge is -2.29. The van der Waals surface area contributed by atoms with Crippen LogP contribution in [0.4, 0.5) is 0 Å². The molecule has 0 unspecified atom stereocenters. The molecule has 1 N–H and O–H groups in total. The minimum absolute atomic E-state index is 0.0296. The SMILES string of the molecule is COc1cccc(S(=O)(=O)NC2CCC(n3cccn3)CC2)c1. The second-order valence-electron chi connectivity index (χ2n) is 5.79. The van der Waals surface area contributed by atoms with E-state index in [4.69, 9.17) is 4.74 Å². The van der Waals surface area contributed by atoms with Crippen molar-refractivity contribution in [2.24, 2.45) is 0 Å². The van der Waals surface area contributed by atoms with Crippen molar-refractivity contribution in [3.8, 4) is 5.75 Å². The molecule has 1 aromatic heterocycles. The number of methoxy groups -OCH3 is 1. The van der Waals surface area contributed by atoms with E-state index < -0.39 is 10.0 Å². The smallest absolute Gasteiger partial charge is 0.240 e. The van der Waals surface area contributed by atoms with E-state index in [-0.39, 0.29) is 10.9 Å². The molecule has 0 aliphatic heterocycles. The molecule has 0 spiro atoms. The molecule has 3 rings (SSSR count). The lowest BCUT2D eigenvalue weighted by molar-refractivity contribution is 0.293. The standard InChI is InChI=1S/C16H21N3O3S/c1-22-15-4-2-5-16(12-15)23(20,21)18-13-6-8-14(9-7-13)19-11-3-10-17-19/h2-5,10-14,18H,6-9H2,1H3. The van der Waals surface area contributed by atoms with Crippen LogP contribution >= 0.6 is 0 Å². The number of nitrogens with zero attached hydrogens (tertiary/aromatic N) is 2. The van der Waals surface area contributed by atoms with Crippen molar-refractivity contribution in [3.05, 3.63) is 42.7 Å². The predicted molar refractivity (Wildman–Crippen MR) is 86.8 cm³/mol. The highest BCUT2D eigenvalue weighted by Crippen LogP contribution is 2.29. The van der Waals surface area contributed by atoms with Crippen molar-refractivity contribution in [2.75, 3.05) is 7.11 Å². The highest BCUT2D eigenvalue weighted by molar-refractivity contribution is 7.89. The first kappa shape index (κ1) is 16.0. The van der Waals surface area contributed by atoms with E-state index in [1.54, 1.807) is 24.4 Å². The van der Waals surface area contributed by atoms with Crippen LogP contribution in [0.5, 0.6) is 5.75 Å². The minimum atomic E-state index is -3.52. The Morgan fingerprint density at radius 3 is 2.65 bits per heavy atom. The summed E-state index contributed by atoms with van der Waals surface area (Å²) >= 11 is 0. The molecule has 1 aliphatic carbocycles. The number of benzene rings is 1. The van der Waals surface area contributed by atoms with Gasteiger partial charge in [0.05, 0.1) is 18.0 Å².